The van der Waals surface area contributed by atoms with Gasteiger partial charge in [-0.3, -0.25) is 9.59 Å². The number of amides is 2. The summed E-state index contributed by atoms with van der Waals surface area (Å²) in [6, 6.07) is 14.7. The first-order valence-corrected chi connectivity index (χ1v) is 10.0. The number of carbonyl (C=O) groups is 2. The number of hydrogen-bond donors (Lipinski definition) is 1. The highest BCUT2D eigenvalue weighted by Crippen LogP contribution is 2.12. The van der Waals surface area contributed by atoms with Gasteiger partial charge in [-0.05, 0) is 49.6 Å². The normalized spacial score (nSPS) is 11.6. The third-order valence-electron chi connectivity index (χ3n) is 4.66. The Kier molecular flexibility index (Phi) is 9.15. The first kappa shape index (κ1) is 22.4. The van der Waals surface area contributed by atoms with Gasteiger partial charge in [0.1, 0.15) is 17.6 Å². The minimum Gasteiger partial charge on any atom is -0.484 e. The molecular formula is C23H29FN2O3. The van der Waals surface area contributed by atoms with Gasteiger partial charge in [0, 0.05) is 13.1 Å². The van der Waals surface area contributed by atoms with E-state index in [0.717, 1.165) is 18.4 Å². The lowest BCUT2D eigenvalue weighted by molar-refractivity contribution is -0.141. The number of carbonyl (C=O) groups excluding carboxylic acids is 2. The van der Waals surface area contributed by atoms with E-state index in [0.29, 0.717) is 25.3 Å². The molecule has 0 aliphatic rings. The summed E-state index contributed by atoms with van der Waals surface area (Å²) >= 11 is 0. The summed E-state index contributed by atoms with van der Waals surface area (Å²) in [7, 11) is 0. The van der Waals surface area contributed by atoms with Crippen LogP contribution in [0.3, 0.4) is 0 Å². The second kappa shape index (κ2) is 11.8. The standard InChI is InChI=1S/C23H29FN2O3/c1-3-4-15-25-23(28)18(2)26(16-14-19-8-6-5-7-9-19)22(27)17-29-21-12-10-20(24)11-13-21/h5-13,18H,3-4,14-17H2,1-2H3,(H,25,28)/t18-/m1/s1. The van der Waals surface area contributed by atoms with Gasteiger partial charge < -0.3 is 15.0 Å². The van der Waals surface area contributed by atoms with Crippen molar-refractivity contribution in [1.82, 2.24) is 10.2 Å². The fourth-order valence-corrected chi connectivity index (χ4v) is 2.86. The summed E-state index contributed by atoms with van der Waals surface area (Å²) in [5, 5.41) is 2.88. The van der Waals surface area contributed by atoms with Crippen LogP contribution in [-0.4, -0.2) is 42.5 Å². The van der Waals surface area contributed by atoms with E-state index >= 15 is 0 Å². The number of nitrogens with one attached hydrogen (secondary N) is 1. The van der Waals surface area contributed by atoms with Gasteiger partial charge in [-0.2, -0.15) is 0 Å². The molecule has 1 atom stereocenters. The van der Waals surface area contributed by atoms with Crippen molar-refractivity contribution in [3.8, 4) is 5.75 Å². The highest BCUT2D eigenvalue weighted by Gasteiger charge is 2.25. The average molecular weight is 400 g/mol. The molecule has 6 heteroatoms. The largest absolute Gasteiger partial charge is 0.484 e. The molecule has 0 saturated carbocycles. The van der Waals surface area contributed by atoms with Crippen LogP contribution in [0.1, 0.15) is 32.3 Å². The molecule has 2 aromatic rings. The van der Waals surface area contributed by atoms with Crippen LogP contribution in [0.4, 0.5) is 4.39 Å². The molecule has 156 valence electrons. The number of halogens is 1. The maximum atomic E-state index is 13.0. The van der Waals surface area contributed by atoms with E-state index in [-0.39, 0.29) is 24.2 Å². The molecule has 0 spiro atoms. The molecule has 0 aliphatic heterocycles. The van der Waals surface area contributed by atoms with E-state index in [9.17, 15) is 14.0 Å². The molecule has 0 radical (unpaired) electrons. The van der Waals surface area contributed by atoms with Crippen molar-refractivity contribution in [3.05, 3.63) is 66.0 Å². The van der Waals surface area contributed by atoms with Gasteiger partial charge in [0.15, 0.2) is 6.61 Å². The molecule has 0 saturated heterocycles. The summed E-state index contributed by atoms with van der Waals surface area (Å²) in [5.74, 6) is -0.432. The molecule has 0 fully saturated rings. The minimum absolute atomic E-state index is 0.179. The number of hydrogen-bond acceptors (Lipinski definition) is 3. The van der Waals surface area contributed by atoms with E-state index < -0.39 is 6.04 Å². The highest BCUT2D eigenvalue weighted by atomic mass is 19.1. The van der Waals surface area contributed by atoms with E-state index in [2.05, 4.69) is 12.2 Å². The molecule has 0 unspecified atom stereocenters. The quantitative estimate of drug-likeness (QED) is 0.587. The first-order chi connectivity index (χ1) is 14.0. The van der Waals surface area contributed by atoms with E-state index in [1.165, 1.54) is 29.2 Å². The van der Waals surface area contributed by atoms with Crippen molar-refractivity contribution in [2.75, 3.05) is 19.7 Å². The third-order valence-corrected chi connectivity index (χ3v) is 4.66. The monoisotopic (exact) mass is 400 g/mol. The summed E-state index contributed by atoms with van der Waals surface area (Å²) in [6.45, 7) is 4.55. The summed E-state index contributed by atoms with van der Waals surface area (Å²) in [4.78, 5) is 26.9. The number of benzene rings is 2. The molecule has 29 heavy (non-hydrogen) atoms. The maximum Gasteiger partial charge on any atom is 0.261 e. The number of unbranched alkanes of at least 4 members (excludes halogenated alkanes) is 1. The summed E-state index contributed by atoms with van der Waals surface area (Å²) in [6.07, 6.45) is 2.51. The molecule has 2 aromatic carbocycles. The Morgan fingerprint density at radius 3 is 2.45 bits per heavy atom. The van der Waals surface area contributed by atoms with Crippen molar-refractivity contribution in [3.63, 3.8) is 0 Å². The van der Waals surface area contributed by atoms with Crippen molar-refractivity contribution in [2.24, 2.45) is 0 Å². The van der Waals surface area contributed by atoms with Crippen LogP contribution in [0.5, 0.6) is 5.75 Å². The van der Waals surface area contributed by atoms with Gasteiger partial charge in [-0.1, -0.05) is 43.7 Å². The van der Waals surface area contributed by atoms with Crippen LogP contribution >= 0.6 is 0 Å². The van der Waals surface area contributed by atoms with Crippen LogP contribution in [0, 0.1) is 5.82 Å². The van der Waals surface area contributed by atoms with E-state index in [1.54, 1.807) is 6.92 Å². The van der Waals surface area contributed by atoms with Crippen molar-refractivity contribution >= 4 is 11.8 Å². The molecule has 5 nitrogen and oxygen atoms in total. The Morgan fingerprint density at radius 2 is 1.79 bits per heavy atom. The lowest BCUT2D eigenvalue weighted by atomic mass is 10.1. The Morgan fingerprint density at radius 1 is 1.10 bits per heavy atom. The zero-order valence-electron chi connectivity index (χ0n) is 17.1. The molecular weight excluding hydrogens is 371 g/mol. The smallest absolute Gasteiger partial charge is 0.261 e. The lowest BCUT2D eigenvalue weighted by Crippen LogP contribution is -2.50. The third kappa shape index (κ3) is 7.56. The Balaban J connectivity index is 2.01. The van der Waals surface area contributed by atoms with Gasteiger partial charge >= 0.3 is 0 Å². The first-order valence-electron chi connectivity index (χ1n) is 10.0. The second-order valence-electron chi connectivity index (χ2n) is 6.89. The number of ether oxygens (including phenoxy) is 1. The maximum absolute atomic E-state index is 13.0. The zero-order chi connectivity index (χ0) is 21.1. The van der Waals surface area contributed by atoms with Crippen molar-refractivity contribution < 1.29 is 18.7 Å². The highest BCUT2D eigenvalue weighted by molar-refractivity contribution is 5.87. The van der Waals surface area contributed by atoms with Crippen LogP contribution in [-0.2, 0) is 16.0 Å². The molecule has 2 rings (SSSR count). The lowest BCUT2D eigenvalue weighted by Gasteiger charge is -2.28. The predicted molar refractivity (Wildman–Crippen MR) is 111 cm³/mol. The van der Waals surface area contributed by atoms with Crippen LogP contribution in [0.25, 0.3) is 0 Å². The van der Waals surface area contributed by atoms with Gasteiger partial charge in [-0.25, -0.2) is 4.39 Å². The summed E-state index contributed by atoms with van der Waals surface area (Å²) < 4.78 is 18.5. The van der Waals surface area contributed by atoms with Gasteiger partial charge in [0.25, 0.3) is 5.91 Å². The molecule has 0 aliphatic carbocycles. The van der Waals surface area contributed by atoms with Gasteiger partial charge in [-0.15, -0.1) is 0 Å². The van der Waals surface area contributed by atoms with E-state index in [1.807, 2.05) is 30.3 Å². The van der Waals surface area contributed by atoms with Crippen LogP contribution in [0.15, 0.2) is 54.6 Å². The van der Waals surface area contributed by atoms with E-state index in [4.69, 9.17) is 4.74 Å². The molecule has 0 heterocycles. The Bertz CT molecular complexity index is 765. The van der Waals surface area contributed by atoms with Crippen molar-refractivity contribution in [1.29, 1.82) is 0 Å². The molecule has 0 bridgehead atoms. The van der Waals surface area contributed by atoms with Crippen LogP contribution < -0.4 is 10.1 Å². The minimum atomic E-state index is -0.611. The average Bonchev–Trinajstić information content (AvgIpc) is 2.74. The SMILES string of the molecule is CCCCNC(=O)[C@@H](C)N(CCc1ccccc1)C(=O)COc1ccc(F)cc1. The second-order valence-corrected chi connectivity index (χ2v) is 6.89. The molecule has 2 amide bonds. The Labute approximate surface area is 171 Å². The predicted octanol–water partition coefficient (Wildman–Crippen LogP) is 3.58. The molecule has 0 aromatic heterocycles. The fourth-order valence-electron chi connectivity index (χ4n) is 2.86. The Hall–Kier alpha value is -2.89. The molecule has 1 N–H and O–H groups in total. The number of rotatable bonds is 11. The van der Waals surface area contributed by atoms with Crippen molar-refractivity contribution in [2.45, 2.75) is 39.2 Å². The van der Waals surface area contributed by atoms with Crippen LogP contribution in [0.2, 0.25) is 0 Å². The fraction of sp³-hybridized carbons (Fsp3) is 0.391. The van der Waals surface area contributed by atoms with Gasteiger partial charge in [0.05, 0.1) is 0 Å². The topological polar surface area (TPSA) is 58.6 Å². The zero-order valence-corrected chi connectivity index (χ0v) is 17.1. The van der Waals surface area contributed by atoms with Gasteiger partial charge in [0.2, 0.25) is 5.91 Å². The summed E-state index contributed by atoms with van der Waals surface area (Å²) in [5.41, 5.74) is 1.09. The number of nitrogens with zero attached hydrogens (tertiary/aromatic N) is 1.